The Morgan fingerprint density at radius 3 is 2.61 bits per heavy atom. The number of amides is 1. The van der Waals surface area contributed by atoms with Gasteiger partial charge < -0.3 is 10.5 Å². The molecule has 0 fully saturated rings. The molecular formula is C17H15N3O3. The van der Waals surface area contributed by atoms with Gasteiger partial charge in [-0.2, -0.15) is 0 Å². The molecule has 0 bridgehead atoms. The number of hydrogen-bond acceptors (Lipinski definition) is 4. The molecule has 2 N–H and O–H groups in total. The van der Waals surface area contributed by atoms with Gasteiger partial charge in [-0.1, -0.05) is 24.3 Å². The number of pyridine rings is 2. The van der Waals surface area contributed by atoms with Crippen molar-refractivity contribution in [3.05, 3.63) is 64.6 Å². The zero-order valence-corrected chi connectivity index (χ0v) is 12.5. The van der Waals surface area contributed by atoms with Crippen LogP contribution < -0.4 is 11.3 Å². The van der Waals surface area contributed by atoms with Crippen molar-refractivity contribution < 1.29 is 9.53 Å². The Hall–Kier alpha value is -3.15. The molecule has 0 atom stereocenters. The number of carbonyl (C=O) groups excluding carboxylic acids is 1. The van der Waals surface area contributed by atoms with E-state index < -0.39 is 6.09 Å². The number of ether oxygens (including phenoxy) is 1. The van der Waals surface area contributed by atoms with Crippen molar-refractivity contribution in [2.75, 3.05) is 0 Å². The molecule has 1 amide bonds. The fourth-order valence-electron chi connectivity index (χ4n) is 2.45. The predicted octanol–water partition coefficient (Wildman–Crippen LogP) is 2.20. The molecule has 3 rings (SSSR count). The number of benzene rings is 1. The maximum Gasteiger partial charge on any atom is 0.404 e. The predicted molar refractivity (Wildman–Crippen MR) is 86.8 cm³/mol. The minimum absolute atomic E-state index is 0.0962. The standard InChI is InChI=1S/C17H15N3O3/c1-20-15(21)7-6-14-13(8-9-19-16(14)20)12-4-2-11(3-5-12)10-23-17(18)22/h2-9H,10H2,1H3,(H2,18,22). The van der Waals surface area contributed by atoms with Crippen molar-refractivity contribution in [1.82, 2.24) is 9.55 Å². The Labute approximate surface area is 132 Å². The van der Waals surface area contributed by atoms with E-state index in [2.05, 4.69) is 4.98 Å². The van der Waals surface area contributed by atoms with Crippen LogP contribution in [0.3, 0.4) is 0 Å². The summed E-state index contributed by atoms with van der Waals surface area (Å²) in [6, 6.07) is 12.8. The summed E-state index contributed by atoms with van der Waals surface area (Å²) >= 11 is 0. The van der Waals surface area contributed by atoms with Gasteiger partial charge in [0, 0.05) is 24.7 Å². The van der Waals surface area contributed by atoms with Gasteiger partial charge in [0.25, 0.3) is 5.56 Å². The number of nitrogens with zero attached hydrogens (tertiary/aromatic N) is 2. The molecule has 0 aliphatic heterocycles. The highest BCUT2D eigenvalue weighted by atomic mass is 16.5. The van der Waals surface area contributed by atoms with Crippen LogP contribution in [-0.2, 0) is 18.4 Å². The van der Waals surface area contributed by atoms with Gasteiger partial charge >= 0.3 is 6.09 Å². The molecule has 3 aromatic rings. The van der Waals surface area contributed by atoms with Crippen molar-refractivity contribution in [3.63, 3.8) is 0 Å². The van der Waals surface area contributed by atoms with Crippen molar-refractivity contribution in [1.29, 1.82) is 0 Å². The fraction of sp³-hybridized carbons (Fsp3) is 0.118. The summed E-state index contributed by atoms with van der Waals surface area (Å²) in [7, 11) is 1.70. The maximum absolute atomic E-state index is 11.7. The molecule has 0 aliphatic carbocycles. The Balaban J connectivity index is 2.02. The molecule has 116 valence electrons. The van der Waals surface area contributed by atoms with Crippen molar-refractivity contribution in [3.8, 4) is 11.1 Å². The third-order valence-electron chi connectivity index (χ3n) is 3.66. The molecular weight excluding hydrogens is 294 g/mol. The second-order valence-electron chi connectivity index (χ2n) is 5.13. The molecule has 0 saturated carbocycles. The zero-order chi connectivity index (χ0) is 16.4. The maximum atomic E-state index is 11.7. The lowest BCUT2D eigenvalue weighted by molar-refractivity contribution is 0.150. The van der Waals surface area contributed by atoms with Crippen molar-refractivity contribution >= 4 is 17.1 Å². The summed E-state index contributed by atoms with van der Waals surface area (Å²) in [5, 5.41) is 0.899. The number of primary amides is 1. The highest BCUT2D eigenvalue weighted by Crippen LogP contribution is 2.26. The summed E-state index contributed by atoms with van der Waals surface area (Å²) in [6.45, 7) is 0.140. The lowest BCUT2D eigenvalue weighted by Crippen LogP contribution is -2.16. The van der Waals surface area contributed by atoms with Crippen LogP contribution >= 0.6 is 0 Å². The lowest BCUT2D eigenvalue weighted by atomic mass is 10.0. The van der Waals surface area contributed by atoms with Crippen LogP contribution in [0.15, 0.2) is 53.5 Å². The molecule has 0 unspecified atom stereocenters. The highest BCUT2D eigenvalue weighted by molar-refractivity contribution is 5.92. The van der Waals surface area contributed by atoms with Crippen LogP contribution in [0.4, 0.5) is 4.79 Å². The fourth-order valence-corrected chi connectivity index (χ4v) is 2.45. The summed E-state index contributed by atoms with van der Waals surface area (Å²) in [5.41, 5.74) is 8.30. The highest BCUT2D eigenvalue weighted by Gasteiger charge is 2.08. The topological polar surface area (TPSA) is 87.2 Å². The summed E-state index contributed by atoms with van der Waals surface area (Å²) < 4.78 is 6.29. The molecule has 0 spiro atoms. The number of nitrogens with two attached hydrogens (primary N) is 1. The largest absolute Gasteiger partial charge is 0.445 e. The Morgan fingerprint density at radius 2 is 1.91 bits per heavy atom. The lowest BCUT2D eigenvalue weighted by Gasteiger charge is -2.09. The molecule has 6 heteroatoms. The van der Waals surface area contributed by atoms with Crippen LogP contribution in [-0.4, -0.2) is 15.6 Å². The minimum Gasteiger partial charge on any atom is -0.445 e. The first kappa shape index (κ1) is 14.8. The summed E-state index contributed by atoms with van der Waals surface area (Å²) in [4.78, 5) is 26.6. The number of hydrogen-bond donors (Lipinski definition) is 1. The number of aryl methyl sites for hydroxylation is 1. The van der Waals surface area contributed by atoms with E-state index in [0.717, 1.165) is 22.1 Å². The Bertz CT molecular complexity index is 930. The van der Waals surface area contributed by atoms with Gasteiger partial charge in [-0.15, -0.1) is 0 Å². The van der Waals surface area contributed by atoms with Crippen molar-refractivity contribution in [2.24, 2.45) is 12.8 Å². The van der Waals surface area contributed by atoms with E-state index in [0.29, 0.717) is 5.65 Å². The van der Waals surface area contributed by atoms with Gasteiger partial charge in [0.05, 0.1) is 0 Å². The van der Waals surface area contributed by atoms with E-state index in [1.165, 1.54) is 10.6 Å². The molecule has 2 aromatic heterocycles. The van der Waals surface area contributed by atoms with Crippen LogP contribution in [0, 0.1) is 0 Å². The third-order valence-corrected chi connectivity index (χ3v) is 3.66. The van der Waals surface area contributed by atoms with Crippen LogP contribution in [0.1, 0.15) is 5.56 Å². The van der Waals surface area contributed by atoms with Gasteiger partial charge in [-0.3, -0.25) is 9.36 Å². The van der Waals surface area contributed by atoms with Gasteiger partial charge in [-0.25, -0.2) is 9.78 Å². The number of fused-ring (bicyclic) bond motifs is 1. The molecule has 23 heavy (non-hydrogen) atoms. The zero-order valence-electron chi connectivity index (χ0n) is 12.5. The smallest absolute Gasteiger partial charge is 0.404 e. The van der Waals surface area contributed by atoms with Gasteiger partial charge in [0.1, 0.15) is 12.3 Å². The summed E-state index contributed by atoms with van der Waals surface area (Å²) in [5.74, 6) is 0. The van der Waals surface area contributed by atoms with E-state index in [1.807, 2.05) is 30.3 Å². The molecule has 1 aromatic carbocycles. The monoisotopic (exact) mass is 309 g/mol. The Morgan fingerprint density at radius 1 is 1.17 bits per heavy atom. The summed E-state index contributed by atoms with van der Waals surface area (Å²) in [6.07, 6.45) is 0.886. The number of aromatic nitrogens is 2. The van der Waals surface area contributed by atoms with Crippen LogP contribution in [0.25, 0.3) is 22.2 Å². The molecule has 2 heterocycles. The van der Waals surface area contributed by atoms with E-state index in [4.69, 9.17) is 10.5 Å². The van der Waals surface area contributed by atoms with E-state index in [9.17, 15) is 9.59 Å². The molecule has 0 saturated heterocycles. The Kier molecular flexibility index (Phi) is 3.80. The second kappa shape index (κ2) is 5.92. The normalized spacial score (nSPS) is 10.7. The van der Waals surface area contributed by atoms with Gasteiger partial charge in [0.15, 0.2) is 0 Å². The van der Waals surface area contributed by atoms with Gasteiger partial charge in [0.2, 0.25) is 0 Å². The average Bonchev–Trinajstić information content (AvgIpc) is 2.56. The van der Waals surface area contributed by atoms with Crippen LogP contribution in [0.2, 0.25) is 0 Å². The van der Waals surface area contributed by atoms with E-state index in [1.54, 1.807) is 19.3 Å². The minimum atomic E-state index is -0.796. The first-order chi connectivity index (χ1) is 11.1. The van der Waals surface area contributed by atoms with Crippen LogP contribution in [0.5, 0.6) is 0 Å². The quantitative estimate of drug-likeness (QED) is 0.803. The SMILES string of the molecule is Cn1c(=O)ccc2c(-c3ccc(COC(N)=O)cc3)ccnc21. The van der Waals surface area contributed by atoms with Gasteiger partial charge in [-0.05, 0) is 28.8 Å². The first-order valence-electron chi connectivity index (χ1n) is 7.02. The third kappa shape index (κ3) is 2.91. The number of rotatable bonds is 3. The van der Waals surface area contributed by atoms with Crippen molar-refractivity contribution in [2.45, 2.75) is 6.61 Å². The number of carbonyl (C=O) groups is 1. The molecule has 0 aliphatic rings. The average molecular weight is 309 g/mol. The van der Waals surface area contributed by atoms with E-state index >= 15 is 0 Å². The second-order valence-corrected chi connectivity index (χ2v) is 5.13. The molecule has 6 nitrogen and oxygen atoms in total. The van der Waals surface area contributed by atoms with E-state index in [-0.39, 0.29) is 12.2 Å². The molecule has 0 radical (unpaired) electrons. The first-order valence-corrected chi connectivity index (χ1v) is 7.02.